The molecule has 96 valence electrons. The molecule has 0 spiro atoms. The molecular weight excluding hydrogens is 212 g/mol. The second-order valence-corrected chi connectivity index (χ2v) is 5.30. The molecule has 1 fully saturated rings. The molecule has 2 rings (SSSR count). The molecule has 1 aliphatic carbocycles. The van der Waals surface area contributed by atoms with Gasteiger partial charge in [0.05, 0.1) is 6.04 Å². The van der Waals surface area contributed by atoms with Crippen molar-refractivity contribution in [1.29, 1.82) is 0 Å². The highest BCUT2D eigenvalue weighted by molar-refractivity contribution is 4.98. The second kappa shape index (κ2) is 5.63. The number of nitrogens with two attached hydrogens (primary N) is 1. The zero-order valence-corrected chi connectivity index (χ0v) is 11.0. The van der Waals surface area contributed by atoms with Gasteiger partial charge in [-0.25, -0.2) is 0 Å². The molecule has 0 radical (unpaired) electrons. The molecule has 1 heterocycles. The highest BCUT2D eigenvalue weighted by Gasteiger charge is 2.24. The van der Waals surface area contributed by atoms with Crippen molar-refractivity contribution >= 4 is 0 Å². The van der Waals surface area contributed by atoms with Crippen molar-refractivity contribution in [2.45, 2.75) is 64.5 Å². The van der Waals surface area contributed by atoms with Crippen LogP contribution in [0.25, 0.3) is 0 Å². The van der Waals surface area contributed by atoms with Gasteiger partial charge in [-0.1, -0.05) is 39.5 Å². The predicted molar refractivity (Wildman–Crippen MR) is 68.5 cm³/mol. The smallest absolute Gasteiger partial charge is 0.150 e. The van der Waals surface area contributed by atoms with Crippen molar-refractivity contribution in [3.8, 4) is 0 Å². The fourth-order valence-corrected chi connectivity index (χ4v) is 2.64. The van der Waals surface area contributed by atoms with Gasteiger partial charge in [-0.2, -0.15) is 0 Å². The quantitative estimate of drug-likeness (QED) is 0.874. The van der Waals surface area contributed by atoms with Crippen molar-refractivity contribution in [1.82, 2.24) is 14.8 Å². The van der Waals surface area contributed by atoms with Crippen LogP contribution in [0.15, 0.2) is 6.33 Å². The molecule has 17 heavy (non-hydrogen) atoms. The minimum atomic E-state index is 0.0180. The minimum absolute atomic E-state index is 0.0180. The SMILES string of the molecule is CC[C@H](C)[C@H](N)c1nncn1C1CCCCC1. The van der Waals surface area contributed by atoms with Crippen molar-refractivity contribution < 1.29 is 0 Å². The third-order valence-corrected chi connectivity index (χ3v) is 4.12. The molecule has 0 saturated heterocycles. The summed E-state index contributed by atoms with van der Waals surface area (Å²) < 4.78 is 2.23. The van der Waals surface area contributed by atoms with E-state index in [2.05, 4.69) is 28.6 Å². The van der Waals surface area contributed by atoms with Crippen LogP contribution in [0.5, 0.6) is 0 Å². The lowest BCUT2D eigenvalue weighted by molar-refractivity contribution is 0.327. The first-order chi connectivity index (χ1) is 8.24. The van der Waals surface area contributed by atoms with Gasteiger partial charge < -0.3 is 10.3 Å². The Morgan fingerprint density at radius 1 is 1.41 bits per heavy atom. The van der Waals surface area contributed by atoms with Gasteiger partial charge in [-0.15, -0.1) is 10.2 Å². The van der Waals surface area contributed by atoms with Gasteiger partial charge >= 0.3 is 0 Å². The molecular formula is C13H24N4. The van der Waals surface area contributed by atoms with Gasteiger partial charge in [0.25, 0.3) is 0 Å². The maximum atomic E-state index is 6.28. The third kappa shape index (κ3) is 2.68. The Morgan fingerprint density at radius 2 is 2.12 bits per heavy atom. The van der Waals surface area contributed by atoms with Gasteiger partial charge in [0.2, 0.25) is 0 Å². The average Bonchev–Trinajstić information content (AvgIpc) is 2.87. The summed E-state index contributed by atoms with van der Waals surface area (Å²) in [4.78, 5) is 0. The highest BCUT2D eigenvalue weighted by Crippen LogP contribution is 2.31. The Morgan fingerprint density at radius 3 is 2.76 bits per heavy atom. The van der Waals surface area contributed by atoms with E-state index in [-0.39, 0.29) is 6.04 Å². The maximum Gasteiger partial charge on any atom is 0.150 e. The van der Waals surface area contributed by atoms with Crippen LogP contribution in [0.3, 0.4) is 0 Å². The Hall–Kier alpha value is -0.900. The van der Waals surface area contributed by atoms with E-state index in [0.29, 0.717) is 12.0 Å². The number of hydrogen-bond donors (Lipinski definition) is 1. The number of hydrogen-bond acceptors (Lipinski definition) is 3. The summed E-state index contributed by atoms with van der Waals surface area (Å²) in [5.41, 5.74) is 6.28. The summed E-state index contributed by atoms with van der Waals surface area (Å²) in [7, 11) is 0. The summed E-state index contributed by atoms with van der Waals surface area (Å²) in [5, 5.41) is 8.32. The van der Waals surface area contributed by atoms with Gasteiger partial charge in [0.1, 0.15) is 12.2 Å². The summed E-state index contributed by atoms with van der Waals surface area (Å²) in [6.07, 6.45) is 9.45. The van der Waals surface area contributed by atoms with Gasteiger partial charge in [-0.05, 0) is 18.8 Å². The Bertz CT molecular complexity index is 324. The lowest BCUT2D eigenvalue weighted by Gasteiger charge is -2.26. The van der Waals surface area contributed by atoms with Crippen LogP contribution in [-0.2, 0) is 0 Å². The molecule has 0 bridgehead atoms. The van der Waals surface area contributed by atoms with Crippen LogP contribution >= 0.6 is 0 Å². The Kier molecular flexibility index (Phi) is 4.15. The topological polar surface area (TPSA) is 56.7 Å². The fraction of sp³-hybridized carbons (Fsp3) is 0.846. The van der Waals surface area contributed by atoms with Crippen molar-refractivity contribution in [2.24, 2.45) is 11.7 Å². The van der Waals surface area contributed by atoms with E-state index in [0.717, 1.165) is 12.2 Å². The molecule has 4 heteroatoms. The number of rotatable bonds is 4. The Balaban J connectivity index is 2.15. The molecule has 2 N–H and O–H groups in total. The van der Waals surface area contributed by atoms with E-state index < -0.39 is 0 Å². The van der Waals surface area contributed by atoms with Gasteiger partial charge in [-0.3, -0.25) is 0 Å². The zero-order valence-electron chi connectivity index (χ0n) is 11.0. The molecule has 1 saturated carbocycles. The van der Waals surface area contributed by atoms with E-state index in [1.807, 2.05) is 6.33 Å². The van der Waals surface area contributed by atoms with Crippen LogP contribution in [-0.4, -0.2) is 14.8 Å². The van der Waals surface area contributed by atoms with Crippen LogP contribution in [0.2, 0.25) is 0 Å². The first-order valence-corrected chi connectivity index (χ1v) is 6.89. The van der Waals surface area contributed by atoms with Crippen LogP contribution in [0.4, 0.5) is 0 Å². The highest BCUT2D eigenvalue weighted by atomic mass is 15.3. The molecule has 2 atom stereocenters. The molecule has 0 amide bonds. The zero-order chi connectivity index (χ0) is 12.3. The van der Waals surface area contributed by atoms with Gasteiger partial charge in [0, 0.05) is 6.04 Å². The first kappa shape index (κ1) is 12.6. The maximum absolute atomic E-state index is 6.28. The first-order valence-electron chi connectivity index (χ1n) is 6.89. The number of aromatic nitrogens is 3. The molecule has 0 unspecified atom stereocenters. The summed E-state index contributed by atoms with van der Waals surface area (Å²) >= 11 is 0. The van der Waals surface area contributed by atoms with Crippen molar-refractivity contribution in [3.05, 3.63) is 12.2 Å². The van der Waals surface area contributed by atoms with Crippen molar-refractivity contribution in [2.75, 3.05) is 0 Å². The standard InChI is InChI=1S/C13H24N4/c1-3-10(2)12(14)13-16-15-9-17(13)11-7-5-4-6-8-11/h9-12H,3-8,14H2,1-2H3/t10-,12-/m0/s1. The van der Waals surface area contributed by atoms with E-state index in [1.54, 1.807) is 0 Å². The lowest BCUT2D eigenvalue weighted by Crippen LogP contribution is -2.25. The van der Waals surface area contributed by atoms with E-state index >= 15 is 0 Å². The Labute approximate surface area is 104 Å². The molecule has 1 aromatic heterocycles. The van der Waals surface area contributed by atoms with Crippen molar-refractivity contribution in [3.63, 3.8) is 0 Å². The summed E-state index contributed by atoms with van der Waals surface area (Å²) in [6.45, 7) is 4.36. The normalized spacial score (nSPS) is 21.4. The second-order valence-electron chi connectivity index (χ2n) is 5.30. The largest absolute Gasteiger partial charge is 0.321 e. The summed E-state index contributed by atoms with van der Waals surface area (Å²) in [5.74, 6) is 1.44. The van der Waals surface area contributed by atoms with E-state index in [1.165, 1.54) is 32.1 Å². The molecule has 0 aliphatic heterocycles. The average molecular weight is 236 g/mol. The van der Waals surface area contributed by atoms with Gasteiger partial charge in [0.15, 0.2) is 0 Å². The molecule has 1 aromatic rings. The number of nitrogens with zero attached hydrogens (tertiary/aromatic N) is 3. The van der Waals surface area contributed by atoms with E-state index in [9.17, 15) is 0 Å². The van der Waals surface area contributed by atoms with Crippen LogP contribution in [0.1, 0.15) is 70.3 Å². The fourth-order valence-electron chi connectivity index (χ4n) is 2.64. The predicted octanol–water partition coefficient (Wildman–Crippen LogP) is 2.83. The summed E-state index contributed by atoms with van der Waals surface area (Å²) in [6, 6.07) is 0.591. The third-order valence-electron chi connectivity index (χ3n) is 4.12. The minimum Gasteiger partial charge on any atom is -0.321 e. The molecule has 0 aromatic carbocycles. The molecule has 1 aliphatic rings. The molecule has 4 nitrogen and oxygen atoms in total. The monoisotopic (exact) mass is 236 g/mol. The lowest BCUT2D eigenvalue weighted by atomic mass is 9.94. The van der Waals surface area contributed by atoms with Crippen LogP contribution in [0, 0.1) is 5.92 Å². The van der Waals surface area contributed by atoms with Crippen LogP contribution < -0.4 is 5.73 Å². The van der Waals surface area contributed by atoms with E-state index in [4.69, 9.17) is 5.73 Å².